The molecule has 1 unspecified atom stereocenters. The Hall–Kier alpha value is -2.35. The highest BCUT2D eigenvalue weighted by Crippen LogP contribution is 2.37. The van der Waals surface area contributed by atoms with E-state index in [2.05, 4.69) is 18.2 Å². The molecule has 3 aliphatic rings. The van der Waals surface area contributed by atoms with Crippen LogP contribution >= 0.6 is 0 Å². The minimum atomic E-state index is -0.823. The second-order valence-electron chi connectivity index (χ2n) is 5.40. The Kier molecular flexibility index (Phi) is 3.87. The van der Waals surface area contributed by atoms with Gasteiger partial charge in [0.25, 0.3) is 0 Å². The van der Waals surface area contributed by atoms with Gasteiger partial charge in [-0.3, -0.25) is 0 Å². The molecular formula is C19H18O2. The molecule has 0 fully saturated rings. The maximum absolute atomic E-state index is 11.9. The van der Waals surface area contributed by atoms with Crippen LogP contribution in [-0.2, 0) is 4.79 Å². The summed E-state index contributed by atoms with van der Waals surface area (Å²) in [7, 11) is 0. The summed E-state index contributed by atoms with van der Waals surface area (Å²) < 4.78 is 0. The lowest BCUT2D eigenvalue weighted by atomic mass is 9.81. The quantitative estimate of drug-likeness (QED) is 0.780. The zero-order valence-corrected chi connectivity index (χ0v) is 11.8. The van der Waals surface area contributed by atoms with Gasteiger partial charge in [-0.05, 0) is 36.0 Å². The highest BCUT2D eigenvalue weighted by molar-refractivity contribution is 5.94. The summed E-state index contributed by atoms with van der Waals surface area (Å²) >= 11 is 0. The first-order chi connectivity index (χ1) is 10.3. The molecule has 0 aromatic carbocycles. The van der Waals surface area contributed by atoms with Crippen LogP contribution in [0, 0.1) is 5.92 Å². The molecule has 1 N–H and O–H groups in total. The molecule has 2 heteroatoms. The number of hydrogen-bond acceptors (Lipinski definition) is 1. The molecule has 0 bridgehead atoms. The Bertz CT molecular complexity index is 664. The summed E-state index contributed by atoms with van der Waals surface area (Å²) in [6.07, 6.45) is 22.7. The molecule has 106 valence electrons. The number of carboxylic acid groups (broad SMARTS) is 1. The van der Waals surface area contributed by atoms with Gasteiger partial charge in [-0.2, -0.15) is 0 Å². The molecule has 0 radical (unpaired) electrons. The van der Waals surface area contributed by atoms with Gasteiger partial charge < -0.3 is 5.11 Å². The third-order valence-corrected chi connectivity index (χ3v) is 4.04. The van der Waals surface area contributed by atoms with Gasteiger partial charge in [0.05, 0.1) is 5.57 Å². The Morgan fingerprint density at radius 2 is 1.67 bits per heavy atom. The second kappa shape index (κ2) is 5.96. The number of allylic oxidation sites excluding steroid dienone is 12. The first-order valence-corrected chi connectivity index (χ1v) is 7.30. The fourth-order valence-electron chi connectivity index (χ4n) is 3.08. The van der Waals surface area contributed by atoms with Crippen molar-refractivity contribution in [3.05, 3.63) is 83.1 Å². The van der Waals surface area contributed by atoms with Crippen LogP contribution in [0.2, 0.25) is 0 Å². The van der Waals surface area contributed by atoms with Crippen LogP contribution in [0.25, 0.3) is 0 Å². The molecule has 0 aromatic heterocycles. The van der Waals surface area contributed by atoms with Crippen molar-refractivity contribution in [3.8, 4) is 0 Å². The zero-order valence-electron chi connectivity index (χ0n) is 11.8. The van der Waals surface area contributed by atoms with Gasteiger partial charge in [-0.25, -0.2) is 4.79 Å². The van der Waals surface area contributed by atoms with Crippen LogP contribution in [-0.4, -0.2) is 11.1 Å². The molecule has 1 atom stereocenters. The summed E-state index contributed by atoms with van der Waals surface area (Å²) in [5, 5.41) is 9.78. The summed E-state index contributed by atoms with van der Waals surface area (Å²) in [4.78, 5) is 11.9. The third-order valence-electron chi connectivity index (χ3n) is 4.04. The van der Waals surface area contributed by atoms with E-state index in [9.17, 15) is 9.90 Å². The van der Waals surface area contributed by atoms with Crippen LogP contribution < -0.4 is 0 Å². The van der Waals surface area contributed by atoms with Crippen LogP contribution in [0.3, 0.4) is 0 Å². The van der Waals surface area contributed by atoms with Gasteiger partial charge in [0, 0.05) is 5.92 Å². The van der Waals surface area contributed by atoms with Crippen molar-refractivity contribution in [2.24, 2.45) is 5.92 Å². The first kappa shape index (κ1) is 13.6. The monoisotopic (exact) mass is 278 g/mol. The SMILES string of the molecule is O=C(O)C(C1=CC=CC1)=C(C1=CC=CC1)C1C=CC=CC1. The van der Waals surface area contributed by atoms with Crippen molar-refractivity contribution in [1.82, 2.24) is 0 Å². The normalized spacial score (nSPS) is 24.1. The predicted octanol–water partition coefficient (Wildman–Crippen LogP) is 4.27. The molecule has 0 amide bonds. The van der Waals surface area contributed by atoms with Gasteiger partial charge in [0.15, 0.2) is 0 Å². The van der Waals surface area contributed by atoms with Crippen LogP contribution in [0.15, 0.2) is 83.1 Å². The van der Waals surface area contributed by atoms with Gasteiger partial charge in [-0.1, -0.05) is 60.8 Å². The number of hydrogen-bond donors (Lipinski definition) is 1. The van der Waals surface area contributed by atoms with Gasteiger partial charge >= 0.3 is 5.97 Å². The van der Waals surface area contributed by atoms with Gasteiger partial charge in [0.1, 0.15) is 0 Å². The fraction of sp³-hybridized carbons (Fsp3) is 0.211. The lowest BCUT2D eigenvalue weighted by Crippen LogP contribution is -2.14. The molecule has 3 rings (SSSR count). The summed E-state index contributed by atoms with van der Waals surface area (Å²) in [5.74, 6) is -0.676. The zero-order chi connectivity index (χ0) is 14.7. The summed E-state index contributed by atoms with van der Waals surface area (Å²) in [6, 6.07) is 0. The molecule has 0 aromatic rings. The minimum Gasteiger partial charge on any atom is -0.478 e. The highest BCUT2D eigenvalue weighted by Gasteiger charge is 2.26. The lowest BCUT2D eigenvalue weighted by Gasteiger charge is -2.22. The molecule has 3 aliphatic carbocycles. The van der Waals surface area contributed by atoms with E-state index in [-0.39, 0.29) is 5.92 Å². The lowest BCUT2D eigenvalue weighted by molar-refractivity contribution is -0.132. The van der Waals surface area contributed by atoms with E-state index in [1.807, 2.05) is 42.5 Å². The highest BCUT2D eigenvalue weighted by atomic mass is 16.4. The summed E-state index contributed by atoms with van der Waals surface area (Å²) in [5.41, 5.74) is 3.50. The minimum absolute atomic E-state index is 0.147. The van der Waals surface area contributed by atoms with Crippen LogP contribution in [0.4, 0.5) is 0 Å². The van der Waals surface area contributed by atoms with E-state index in [1.165, 1.54) is 0 Å². The predicted molar refractivity (Wildman–Crippen MR) is 84.7 cm³/mol. The van der Waals surface area contributed by atoms with Crippen molar-refractivity contribution in [3.63, 3.8) is 0 Å². The Balaban J connectivity index is 2.10. The Morgan fingerprint density at radius 1 is 0.952 bits per heavy atom. The molecular weight excluding hydrogens is 260 g/mol. The maximum Gasteiger partial charge on any atom is 0.336 e. The van der Waals surface area contributed by atoms with Crippen molar-refractivity contribution < 1.29 is 9.90 Å². The van der Waals surface area contributed by atoms with E-state index < -0.39 is 5.97 Å². The first-order valence-electron chi connectivity index (χ1n) is 7.30. The molecule has 0 heterocycles. The Morgan fingerprint density at radius 3 is 2.19 bits per heavy atom. The smallest absolute Gasteiger partial charge is 0.336 e. The third kappa shape index (κ3) is 2.75. The fourth-order valence-corrected chi connectivity index (χ4v) is 3.08. The largest absolute Gasteiger partial charge is 0.478 e. The van der Waals surface area contributed by atoms with E-state index in [4.69, 9.17) is 0 Å². The van der Waals surface area contributed by atoms with Crippen molar-refractivity contribution >= 4 is 5.97 Å². The van der Waals surface area contributed by atoms with Crippen molar-refractivity contribution in [2.45, 2.75) is 19.3 Å². The molecule has 0 saturated heterocycles. The topological polar surface area (TPSA) is 37.3 Å². The van der Waals surface area contributed by atoms with Gasteiger partial charge in [0.2, 0.25) is 0 Å². The van der Waals surface area contributed by atoms with Crippen LogP contribution in [0.5, 0.6) is 0 Å². The average molecular weight is 278 g/mol. The van der Waals surface area contributed by atoms with E-state index in [0.717, 1.165) is 29.6 Å². The molecule has 0 spiro atoms. The number of carboxylic acids is 1. The van der Waals surface area contributed by atoms with E-state index >= 15 is 0 Å². The average Bonchev–Trinajstić information content (AvgIpc) is 3.18. The second-order valence-corrected chi connectivity index (χ2v) is 5.40. The molecule has 2 nitrogen and oxygen atoms in total. The van der Waals surface area contributed by atoms with E-state index in [0.29, 0.717) is 12.0 Å². The van der Waals surface area contributed by atoms with Gasteiger partial charge in [-0.15, -0.1) is 0 Å². The number of carbonyl (C=O) groups is 1. The van der Waals surface area contributed by atoms with Crippen LogP contribution in [0.1, 0.15) is 19.3 Å². The molecule has 0 saturated carbocycles. The number of aliphatic carboxylic acids is 1. The number of rotatable bonds is 4. The van der Waals surface area contributed by atoms with E-state index in [1.54, 1.807) is 0 Å². The molecule has 21 heavy (non-hydrogen) atoms. The van der Waals surface area contributed by atoms with Crippen molar-refractivity contribution in [2.75, 3.05) is 0 Å². The summed E-state index contributed by atoms with van der Waals surface area (Å²) in [6.45, 7) is 0. The standard InChI is InChI=1S/C19H18O2/c20-19(21)18(16-12-6-7-13-16)17(15-10-4-5-11-15)14-8-2-1-3-9-14/h1-8,10,12,14H,9,11,13H2,(H,20,21). The molecule has 0 aliphatic heterocycles. The van der Waals surface area contributed by atoms with Crippen molar-refractivity contribution in [1.29, 1.82) is 0 Å². The maximum atomic E-state index is 11.9. The Labute approximate surface area is 124 Å².